The van der Waals surface area contributed by atoms with Gasteiger partial charge in [0, 0.05) is 25.6 Å². The van der Waals surface area contributed by atoms with E-state index in [0.717, 1.165) is 18.9 Å². The number of nitrogens with one attached hydrogen (secondary N) is 1. The van der Waals surface area contributed by atoms with Crippen molar-refractivity contribution in [2.24, 2.45) is 11.8 Å². The minimum absolute atomic E-state index is 0.0209. The predicted octanol–water partition coefficient (Wildman–Crippen LogP) is 2.52. The van der Waals surface area contributed by atoms with Gasteiger partial charge in [0.25, 0.3) is 0 Å². The molecule has 0 aromatic carbocycles. The number of nitrogens with zero attached hydrogens (tertiary/aromatic N) is 1. The molecule has 134 valence electrons. The molecule has 1 N–H and O–H groups in total. The van der Waals surface area contributed by atoms with Crippen LogP contribution < -0.4 is 5.32 Å². The standard InChI is InChI=1S/C17H32N2O3S/c1-2-23(21,22)19-13-10-16(11-14-19)17(20)18-12-9-15-7-5-3-4-6-8-15/h15-16H,2-14H2,1H3,(H,18,20). The molecule has 0 aromatic rings. The highest BCUT2D eigenvalue weighted by atomic mass is 32.2. The zero-order chi connectivity index (χ0) is 16.7. The lowest BCUT2D eigenvalue weighted by Crippen LogP contribution is -2.43. The summed E-state index contributed by atoms with van der Waals surface area (Å²) in [6.07, 6.45) is 10.4. The second-order valence-corrected chi connectivity index (χ2v) is 9.27. The Morgan fingerprint density at radius 1 is 1.04 bits per heavy atom. The van der Waals surface area contributed by atoms with Gasteiger partial charge in [-0.05, 0) is 32.1 Å². The van der Waals surface area contributed by atoms with Gasteiger partial charge in [-0.15, -0.1) is 0 Å². The monoisotopic (exact) mass is 344 g/mol. The van der Waals surface area contributed by atoms with Crippen molar-refractivity contribution < 1.29 is 13.2 Å². The lowest BCUT2D eigenvalue weighted by Gasteiger charge is -2.30. The van der Waals surface area contributed by atoms with Gasteiger partial charge in [-0.2, -0.15) is 0 Å². The SMILES string of the molecule is CCS(=O)(=O)N1CCC(C(=O)NCCC2CCCCCC2)CC1. The first-order chi connectivity index (χ1) is 11.0. The van der Waals surface area contributed by atoms with Crippen LogP contribution >= 0.6 is 0 Å². The van der Waals surface area contributed by atoms with E-state index in [0.29, 0.717) is 25.9 Å². The second kappa shape index (κ2) is 9.02. The molecular weight excluding hydrogens is 312 g/mol. The van der Waals surface area contributed by atoms with Crippen LogP contribution in [0.2, 0.25) is 0 Å². The molecule has 1 aliphatic carbocycles. The maximum atomic E-state index is 12.3. The molecule has 0 aromatic heterocycles. The van der Waals surface area contributed by atoms with Crippen LogP contribution in [0, 0.1) is 11.8 Å². The van der Waals surface area contributed by atoms with Crippen molar-refractivity contribution in [3.8, 4) is 0 Å². The Labute approximate surface area is 141 Å². The van der Waals surface area contributed by atoms with Gasteiger partial charge < -0.3 is 5.32 Å². The fourth-order valence-electron chi connectivity index (χ4n) is 3.78. The smallest absolute Gasteiger partial charge is 0.223 e. The summed E-state index contributed by atoms with van der Waals surface area (Å²) in [6.45, 7) is 3.41. The minimum Gasteiger partial charge on any atom is -0.356 e. The van der Waals surface area contributed by atoms with E-state index in [1.54, 1.807) is 6.92 Å². The van der Waals surface area contributed by atoms with Gasteiger partial charge in [-0.3, -0.25) is 4.79 Å². The fraction of sp³-hybridized carbons (Fsp3) is 0.941. The molecular formula is C17H32N2O3S. The van der Waals surface area contributed by atoms with E-state index in [2.05, 4.69) is 5.32 Å². The number of piperidine rings is 1. The Balaban J connectivity index is 1.67. The Hall–Kier alpha value is -0.620. The predicted molar refractivity (Wildman–Crippen MR) is 92.6 cm³/mol. The van der Waals surface area contributed by atoms with Crippen LogP contribution in [0.1, 0.15) is 64.7 Å². The van der Waals surface area contributed by atoms with Gasteiger partial charge in [-0.25, -0.2) is 12.7 Å². The van der Waals surface area contributed by atoms with E-state index in [1.165, 1.54) is 42.8 Å². The molecule has 2 aliphatic rings. The first-order valence-corrected chi connectivity index (χ1v) is 10.9. The highest BCUT2D eigenvalue weighted by Gasteiger charge is 2.30. The van der Waals surface area contributed by atoms with E-state index in [4.69, 9.17) is 0 Å². The van der Waals surface area contributed by atoms with Crippen molar-refractivity contribution in [3.05, 3.63) is 0 Å². The summed E-state index contributed by atoms with van der Waals surface area (Å²) < 4.78 is 25.2. The highest BCUT2D eigenvalue weighted by molar-refractivity contribution is 7.89. The largest absolute Gasteiger partial charge is 0.356 e. The molecule has 2 fully saturated rings. The number of rotatable bonds is 6. The van der Waals surface area contributed by atoms with Crippen molar-refractivity contribution in [2.45, 2.75) is 64.7 Å². The van der Waals surface area contributed by atoms with Crippen LogP contribution in [0.15, 0.2) is 0 Å². The average Bonchev–Trinajstić information content (AvgIpc) is 2.83. The molecule has 0 atom stereocenters. The summed E-state index contributed by atoms with van der Waals surface area (Å²) in [5.41, 5.74) is 0. The van der Waals surface area contributed by atoms with Crippen LogP contribution in [0.3, 0.4) is 0 Å². The Morgan fingerprint density at radius 3 is 2.22 bits per heavy atom. The van der Waals surface area contributed by atoms with E-state index in [1.807, 2.05) is 0 Å². The summed E-state index contributed by atoms with van der Waals surface area (Å²) >= 11 is 0. The molecule has 0 unspecified atom stereocenters. The maximum Gasteiger partial charge on any atom is 0.223 e. The summed E-state index contributed by atoms with van der Waals surface area (Å²) in [4.78, 5) is 12.3. The number of hydrogen-bond acceptors (Lipinski definition) is 3. The molecule has 5 nitrogen and oxygen atoms in total. The molecule has 6 heteroatoms. The molecule has 2 rings (SSSR count). The molecule has 23 heavy (non-hydrogen) atoms. The maximum absolute atomic E-state index is 12.3. The third-order valence-corrected chi connectivity index (χ3v) is 7.29. The quantitative estimate of drug-likeness (QED) is 0.753. The molecule has 1 amide bonds. The van der Waals surface area contributed by atoms with Crippen molar-refractivity contribution in [1.29, 1.82) is 0 Å². The van der Waals surface area contributed by atoms with Gasteiger partial charge >= 0.3 is 0 Å². The van der Waals surface area contributed by atoms with Gasteiger partial charge in [0.1, 0.15) is 0 Å². The number of sulfonamides is 1. The average molecular weight is 345 g/mol. The van der Waals surface area contributed by atoms with Crippen molar-refractivity contribution in [3.63, 3.8) is 0 Å². The third kappa shape index (κ3) is 5.75. The lowest BCUT2D eigenvalue weighted by molar-refractivity contribution is -0.126. The van der Waals surface area contributed by atoms with Crippen molar-refractivity contribution in [1.82, 2.24) is 9.62 Å². The zero-order valence-corrected chi connectivity index (χ0v) is 15.2. The molecule has 1 heterocycles. The molecule has 0 radical (unpaired) electrons. The van der Waals surface area contributed by atoms with Crippen LogP contribution in [0.25, 0.3) is 0 Å². The lowest BCUT2D eigenvalue weighted by atomic mass is 9.95. The van der Waals surface area contributed by atoms with E-state index < -0.39 is 10.0 Å². The van der Waals surface area contributed by atoms with Gasteiger partial charge in [-0.1, -0.05) is 38.5 Å². The van der Waals surface area contributed by atoms with E-state index in [-0.39, 0.29) is 17.6 Å². The van der Waals surface area contributed by atoms with Crippen molar-refractivity contribution >= 4 is 15.9 Å². The van der Waals surface area contributed by atoms with Crippen LogP contribution in [0.5, 0.6) is 0 Å². The highest BCUT2D eigenvalue weighted by Crippen LogP contribution is 2.25. The second-order valence-electron chi connectivity index (χ2n) is 7.01. The Morgan fingerprint density at radius 2 is 1.65 bits per heavy atom. The molecule has 1 aliphatic heterocycles. The van der Waals surface area contributed by atoms with Gasteiger partial charge in [0.05, 0.1) is 5.75 Å². The Kier molecular flexibility index (Phi) is 7.34. The molecule has 1 saturated heterocycles. The molecule has 1 saturated carbocycles. The summed E-state index contributed by atoms with van der Waals surface area (Å²) in [5, 5.41) is 3.08. The number of carbonyl (C=O) groups is 1. The fourth-order valence-corrected chi connectivity index (χ4v) is 4.91. The Bertz CT molecular complexity index is 462. The van der Waals surface area contributed by atoms with Gasteiger partial charge in [0.15, 0.2) is 0 Å². The summed E-state index contributed by atoms with van der Waals surface area (Å²) in [5.74, 6) is 1.01. The number of carbonyl (C=O) groups excluding carboxylic acids is 1. The van der Waals surface area contributed by atoms with Crippen LogP contribution in [-0.2, 0) is 14.8 Å². The van der Waals surface area contributed by atoms with E-state index in [9.17, 15) is 13.2 Å². The van der Waals surface area contributed by atoms with Gasteiger partial charge in [0.2, 0.25) is 15.9 Å². The first-order valence-electron chi connectivity index (χ1n) is 9.28. The minimum atomic E-state index is -3.10. The third-order valence-electron chi connectivity index (χ3n) is 5.41. The topological polar surface area (TPSA) is 66.5 Å². The molecule has 0 spiro atoms. The van der Waals surface area contributed by atoms with E-state index >= 15 is 0 Å². The normalized spacial score (nSPS) is 22.7. The van der Waals surface area contributed by atoms with Crippen molar-refractivity contribution in [2.75, 3.05) is 25.4 Å². The molecule has 0 bridgehead atoms. The first kappa shape index (κ1) is 18.7. The van der Waals surface area contributed by atoms with Crippen LogP contribution in [0.4, 0.5) is 0 Å². The number of amides is 1. The number of hydrogen-bond donors (Lipinski definition) is 1. The summed E-state index contributed by atoms with van der Waals surface area (Å²) in [6, 6.07) is 0. The summed E-state index contributed by atoms with van der Waals surface area (Å²) in [7, 11) is -3.10. The van der Waals surface area contributed by atoms with Crippen LogP contribution in [-0.4, -0.2) is 44.0 Å². The zero-order valence-electron chi connectivity index (χ0n) is 14.4.